The minimum atomic E-state index is -3.49. The minimum absolute atomic E-state index is 0.0391. The molecule has 1 aromatic rings. The van der Waals surface area contributed by atoms with Crippen LogP contribution in [0.2, 0.25) is 0 Å². The van der Waals surface area contributed by atoms with Crippen LogP contribution >= 0.6 is 0 Å². The number of ether oxygens (including phenoxy) is 1. The van der Waals surface area contributed by atoms with Gasteiger partial charge in [0.05, 0.1) is 7.11 Å². The number of methoxy groups -OCH3 is 1. The number of benzene rings is 1. The van der Waals surface area contributed by atoms with Gasteiger partial charge in [-0.2, -0.15) is 4.31 Å². The average molecular weight is 270 g/mol. The number of nitrogen functional groups attached to an aromatic ring is 1. The van der Waals surface area contributed by atoms with Crippen molar-refractivity contribution in [2.24, 2.45) is 0 Å². The van der Waals surface area contributed by atoms with E-state index in [4.69, 9.17) is 10.5 Å². The first kappa shape index (κ1) is 13.2. The Bertz CT molecular complexity index is 542. The lowest BCUT2D eigenvalue weighted by atomic mass is 10.3. The van der Waals surface area contributed by atoms with Crippen LogP contribution in [-0.2, 0) is 10.0 Å². The van der Waals surface area contributed by atoms with Crippen molar-refractivity contribution in [2.75, 3.05) is 19.4 Å². The summed E-state index contributed by atoms with van der Waals surface area (Å²) in [6.07, 6.45) is 1.80. The third-order valence-electron chi connectivity index (χ3n) is 3.27. The van der Waals surface area contributed by atoms with Gasteiger partial charge >= 0.3 is 0 Å². The van der Waals surface area contributed by atoms with E-state index < -0.39 is 10.0 Å². The number of anilines is 1. The van der Waals surface area contributed by atoms with Gasteiger partial charge < -0.3 is 10.5 Å². The van der Waals surface area contributed by atoms with E-state index in [1.807, 2.05) is 6.92 Å². The summed E-state index contributed by atoms with van der Waals surface area (Å²) in [5, 5.41) is 0. The zero-order valence-corrected chi connectivity index (χ0v) is 11.4. The molecule has 100 valence electrons. The quantitative estimate of drug-likeness (QED) is 0.844. The lowest BCUT2D eigenvalue weighted by Crippen LogP contribution is -2.33. The van der Waals surface area contributed by atoms with Crippen molar-refractivity contribution in [1.29, 1.82) is 0 Å². The predicted octanol–water partition coefficient (Wildman–Crippen LogP) is 1.45. The average Bonchev–Trinajstić information content (AvgIpc) is 2.75. The second-order valence-corrected chi connectivity index (χ2v) is 6.38. The van der Waals surface area contributed by atoms with Gasteiger partial charge in [0, 0.05) is 24.3 Å². The maximum absolute atomic E-state index is 12.5. The molecule has 6 heteroatoms. The molecule has 2 N–H and O–H groups in total. The summed E-state index contributed by atoms with van der Waals surface area (Å²) in [6.45, 7) is 2.49. The van der Waals surface area contributed by atoms with Crippen molar-refractivity contribution in [3.8, 4) is 5.75 Å². The van der Waals surface area contributed by atoms with E-state index in [9.17, 15) is 8.42 Å². The van der Waals surface area contributed by atoms with Gasteiger partial charge in [-0.3, -0.25) is 0 Å². The Kier molecular flexibility index (Phi) is 3.49. The highest BCUT2D eigenvalue weighted by Crippen LogP contribution is 2.32. The van der Waals surface area contributed by atoms with E-state index in [1.165, 1.54) is 23.5 Å². The smallest absolute Gasteiger partial charge is 0.247 e. The summed E-state index contributed by atoms with van der Waals surface area (Å²) in [5.41, 5.74) is 6.13. The van der Waals surface area contributed by atoms with E-state index in [0.29, 0.717) is 18.0 Å². The van der Waals surface area contributed by atoms with Gasteiger partial charge in [-0.05, 0) is 31.9 Å². The molecular formula is C12H18N2O3S. The highest BCUT2D eigenvalue weighted by Gasteiger charge is 2.34. The second kappa shape index (κ2) is 4.78. The van der Waals surface area contributed by atoms with Crippen LogP contribution in [0.3, 0.4) is 0 Å². The molecule has 5 nitrogen and oxygen atoms in total. The van der Waals surface area contributed by atoms with E-state index >= 15 is 0 Å². The standard InChI is InChI=1S/C12H18N2O3S/c1-9-4-3-7-14(9)18(15,16)12-6-5-10(13)8-11(12)17-2/h5-6,8-9H,3-4,7,13H2,1-2H3/t9-/m1/s1. The highest BCUT2D eigenvalue weighted by molar-refractivity contribution is 7.89. The topological polar surface area (TPSA) is 72.6 Å². The SMILES string of the molecule is COc1cc(N)ccc1S(=O)(=O)N1CCC[C@H]1C. The maximum atomic E-state index is 12.5. The molecule has 2 rings (SSSR count). The van der Waals surface area contributed by atoms with Crippen LogP contribution in [0.15, 0.2) is 23.1 Å². The van der Waals surface area contributed by atoms with Crippen molar-refractivity contribution in [2.45, 2.75) is 30.7 Å². The van der Waals surface area contributed by atoms with Crippen molar-refractivity contribution < 1.29 is 13.2 Å². The summed E-state index contributed by atoms with van der Waals surface area (Å²) in [6, 6.07) is 4.66. The lowest BCUT2D eigenvalue weighted by Gasteiger charge is -2.22. The molecule has 0 aliphatic carbocycles. The normalized spacial score (nSPS) is 21.1. The van der Waals surface area contributed by atoms with Crippen LogP contribution in [0.1, 0.15) is 19.8 Å². The second-order valence-electron chi connectivity index (χ2n) is 4.52. The van der Waals surface area contributed by atoms with Gasteiger partial charge in [0.15, 0.2) is 0 Å². The van der Waals surface area contributed by atoms with Gasteiger partial charge in [-0.15, -0.1) is 0 Å². The van der Waals surface area contributed by atoms with Gasteiger partial charge in [0.25, 0.3) is 0 Å². The number of hydrogen-bond acceptors (Lipinski definition) is 4. The molecule has 0 aromatic heterocycles. The Labute approximate surface area is 108 Å². The molecule has 0 bridgehead atoms. The van der Waals surface area contributed by atoms with E-state index in [1.54, 1.807) is 6.07 Å². The predicted molar refractivity (Wildman–Crippen MR) is 70.0 cm³/mol. The number of nitrogens with zero attached hydrogens (tertiary/aromatic N) is 1. The fourth-order valence-corrected chi connectivity index (χ4v) is 4.13. The number of nitrogens with two attached hydrogens (primary N) is 1. The lowest BCUT2D eigenvalue weighted by molar-refractivity contribution is 0.387. The third-order valence-corrected chi connectivity index (χ3v) is 5.32. The van der Waals surface area contributed by atoms with Crippen LogP contribution in [0.25, 0.3) is 0 Å². The summed E-state index contributed by atoms with van der Waals surface area (Å²) in [4.78, 5) is 0.188. The molecule has 0 radical (unpaired) electrons. The molecule has 1 fully saturated rings. The molecule has 1 aliphatic heterocycles. The Hall–Kier alpha value is -1.27. The van der Waals surface area contributed by atoms with Crippen LogP contribution in [0, 0.1) is 0 Å². The number of hydrogen-bond donors (Lipinski definition) is 1. The largest absolute Gasteiger partial charge is 0.495 e. The fourth-order valence-electron chi connectivity index (χ4n) is 2.29. The Morgan fingerprint density at radius 1 is 1.44 bits per heavy atom. The first-order valence-electron chi connectivity index (χ1n) is 5.92. The molecule has 0 spiro atoms. The fraction of sp³-hybridized carbons (Fsp3) is 0.500. The molecule has 0 amide bonds. The molecular weight excluding hydrogens is 252 g/mol. The zero-order valence-electron chi connectivity index (χ0n) is 10.6. The van der Waals surface area contributed by atoms with Crippen molar-refractivity contribution >= 4 is 15.7 Å². The van der Waals surface area contributed by atoms with Gasteiger partial charge in [0.1, 0.15) is 10.6 Å². The number of sulfonamides is 1. The van der Waals surface area contributed by atoms with Crippen LogP contribution in [0.4, 0.5) is 5.69 Å². The molecule has 0 saturated carbocycles. The Morgan fingerprint density at radius 2 is 2.17 bits per heavy atom. The molecule has 1 heterocycles. The van der Waals surface area contributed by atoms with E-state index in [0.717, 1.165) is 12.8 Å². The van der Waals surface area contributed by atoms with Gasteiger partial charge in [-0.25, -0.2) is 8.42 Å². The van der Waals surface area contributed by atoms with Gasteiger partial charge in [0.2, 0.25) is 10.0 Å². The van der Waals surface area contributed by atoms with Crippen LogP contribution < -0.4 is 10.5 Å². The molecule has 1 aliphatic rings. The molecule has 1 aromatic carbocycles. The molecule has 18 heavy (non-hydrogen) atoms. The highest BCUT2D eigenvalue weighted by atomic mass is 32.2. The van der Waals surface area contributed by atoms with Crippen molar-refractivity contribution in [3.05, 3.63) is 18.2 Å². The summed E-state index contributed by atoms with van der Waals surface area (Å²) < 4.78 is 31.7. The Morgan fingerprint density at radius 3 is 2.72 bits per heavy atom. The first-order valence-corrected chi connectivity index (χ1v) is 7.36. The first-order chi connectivity index (χ1) is 8.46. The van der Waals surface area contributed by atoms with Crippen LogP contribution in [0.5, 0.6) is 5.75 Å². The molecule has 1 saturated heterocycles. The Balaban J connectivity index is 2.47. The van der Waals surface area contributed by atoms with E-state index in [-0.39, 0.29) is 10.9 Å². The van der Waals surface area contributed by atoms with Gasteiger partial charge in [-0.1, -0.05) is 0 Å². The monoisotopic (exact) mass is 270 g/mol. The molecule has 0 unspecified atom stereocenters. The number of rotatable bonds is 3. The summed E-state index contributed by atoms with van der Waals surface area (Å²) in [7, 11) is -2.05. The maximum Gasteiger partial charge on any atom is 0.247 e. The van der Waals surface area contributed by atoms with Crippen LogP contribution in [-0.4, -0.2) is 32.4 Å². The summed E-state index contributed by atoms with van der Waals surface area (Å²) >= 11 is 0. The molecule has 1 atom stereocenters. The summed E-state index contributed by atoms with van der Waals surface area (Å²) in [5.74, 6) is 0.300. The third kappa shape index (κ3) is 2.18. The van der Waals surface area contributed by atoms with Crippen molar-refractivity contribution in [1.82, 2.24) is 4.31 Å². The zero-order chi connectivity index (χ0) is 13.3. The minimum Gasteiger partial charge on any atom is -0.495 e. The van der Waals surface area contributed by atoms with E-state index in [2.05, 4.69) is 0 Å². The van der Waals surface area contributed by atoms with Crippen molar-refractivity contribution in [3.63, 3.8) is 0 Å².